The summed E-state index contributed by atoms with van der Waals surface area (Å²) in [5.74, 6) is -0.377. The normalized spacial score (nSPS) is 12.3. The van der Waals surface area contributed by atoms with Crippen LogP contribution in [0.1, 0.15) is 22.2 Å². The number of carbonyl (C=O) groups excluding carboxylic acids is 1. The molecule has 0 bridgehead atoms. The fourth-order valence-corrected chi connectivity index (χ4v) is 2.61. The predicted molar refractivity (Wildman–Crippen MR) is 72.1 cm³/mol. The summed E-state index contributed by atoms with van der Waals surface area (Å²) in [7, 11) is 0. The highest BCUT2D eigenvalue weighted by molar-refractivity contribution is 7.10. The Morgan fingerprint density at radius 2 is 2.17 bits per heavy atom. The maximum Gasteiger partial charge on any atom is 0.240 e. The van der Waals surface area contributed by atoms with Gasteiger partial charge in [0.2, 0.25) is 5.91 Å². The second-order valence-corrected chi connectivity index (χ2v) is 4.89. The molecule has 0 fully saturated rings. The lowest BCUT2D eigenvalue weighted by Crippen LogP contribution is -2.33. The average molecular weight is 261 g/mol. The molecule has 0 saturated carbocycles. The molecule has 5 heteroatoms. The molecule has 1 heterocycles. The Balaban J connectivity index is 2.09. The number of nitrogens with zero attached hydrogens (tertiary/aromatic N) is 1. The van der Waals surface area contributed by atoms with Crippen molar-refractivity contribution in [2.45, 2.75) is 19.5 Å². The topological polar surface area (TPSA) is 68.0 Å². The van der Waals surface area contributed by atoms with Crippen molar-refractivity contribution in [3.05, 3.63) is 52.0 Å². The van der Waals surface area contributed by atoms with Crippen LogP contribution >= 0.6 is 11.3 Å². The van der Waals surface area contributed by atoms with Crippen molar-refractivity contribution in [1.82, 2.24) is 10.3 Å². The number of benzene rings is 1. The highest BCUT2D eigenvalue weighted by atomic mass is 32.1. The fourth-order valence-electron chi connectivity index (χ4n) is 1.73. The number of primary amides is 1. The van der Waals surface area contributed by atoms with E-state index in [0.717, 1.165) is 16.1 Å². The number of thiazole rings is 1. The molecule has 18 heavy (non-hydrogen) atoms. The summed E-state index contributed by atoms with van der Waals surface area (Å²) in [6, 6.07) is 9.43. The lowest BCUT2D eigenvalue weighted by atomic mass is 10.1. The quantitative estimate of drug-likeness (QED) is 0.862. The van der Waals surface area contributed by atoms with Crippen LogP contribution in [0.5, 0.6) is 0 Å². The van der Waals surface area contributed by atoms with Crippen LogP contribution in [0.2, 0.25) is 0 Å². The van der Waals surface area contributed by atoms with Crippen molar-refractivity contribution < 1.29 is 4.79 Å². The van der Waals surface area contributed by atoms with Crippen molar-refractivity contribution in [2.24, 2.45) is 5.73 Å². The molecule has 0 aliphatic carbocycles. The Bertz CT molecular complexity index is 524. The maximum absolute atomic E-state index is 11.5. The third-order valence-corrected chi connectivity index (χ3v) is 3.68. The minimum atomic E-state index is -0.474. The van der Waals surface area contributed by atoms with E-state index in [0.29, 0.717) is 6.54 Å². The highest BCUT2D eigenvalue weighted by Gasteiger charge is 2.21. The van der Waals surface area contributed by atoms with Gasteiger partial charge in [0.05, 0.1) is 16.1 Å². The number of amides is 1. The summed E-state index contributed by atoms with van der Waals surface area (Å²) in [5.41, 5.74) is 9.13. The van der Waals surface area contributed by atoms with E-state index in [9.17, 15) is 4.79 Å². The van der Waals surface area contributed by atoms with E-state index in [-0.39, 0.29) is 5.91 Å². The minimum Gasteiger partial charge on any atom is -0.368 e. The molecule has 1 atom stereocenters. The van der Waals surface area contributed by atoms with E-state index in [1.165, 1.54) is 11.3 Å². The molecule has 0 spiro atoms. The molecule has 2 rings (SSSR count). The molecule has 4 nitrogen and oxygen atoms in total. The molecule has 1 aromatic heterocycles. The molecule has 0 aliphatic rings. The Labute approximate surface area is 110 Å². The van der Waals surface area contributed by atoms with Gasteiger partial charge in [-0.1, -0.05) is 30.3 Å². The third-order valence-electron chi connectivity index (χ3n) is 2.68. The minimum absolute atomic E-state index is 0.377. The van der Waals surface area contributed by atoms with Gasteiger partial charge in [0, 0.05) is 6.54 Å². The van der Waals surface area contributed by atoms with Gasteiger partial charge in [-0.3, -0.25) is 10.1 Å². The highest BCUT2D eigenvalue weighted by Crippen LogP contribution is 2.21. The average Bonchev–Trinajstić information content (AvgIpc) is 2.77. The molecule has 1 unspecified atom stereocenters. The zero-order valence-electron chi connectivity index (χ0n) is 10.1. The SMILES string of the molecule is Cc1ncsc1C(NCc1ccccc1)C(N)=O. The van der Waals surface area contributed by atoms with Crippen LogP contribution in [-0.4, -0.2) is 10.9 Å². The maximum atomic E-state index is 11.5. The van der Waals surface area contributed by atoms with Gasteiger partial charge in [0.1, 0.15) is 6.04 Å². The number of hydrogen-bond acceptors (Lipinski definition) is 4. The number of nitrogens with one attached hydrogen (secondary N) is 1. The summed E-state index contributed by atoms with van der Waals surface area (Å²) in [6.07, 6.45) is 0. The van der Waals surface area contributed by atoms with Crippen molar-refractivity contribution in [3.8, 4) is 0 Å². The van der Waals surface area contributed by atoms with Crippen LogP contribution in [0.25, 0.3) is 0 Å². The van der Waals surface area contributed by atoms with E-state index < -0.39 is 6.04 Å². The summed E-state index contributed by atoms with van der Waals surface area (Å²) in [6.45, 7) is 2.48. The van der Waals surface area contributed by atoms with Gasteiger partial charge in [-0.2, -0.15) is 0 Å². The summed E-state index contributed by atoms with van der Waals surface area (Å²) < 4.78 is 0. The van der Waals surface area contributed by atoms with Crippen LogP contribution in [0.3, 0.4) is 0 Å². The summed E-state index contributed by atoms with van der Waals surface area (Å²) >= 11 is 1.45. The zero-order chi connectivity index (χ0) is 13.0. The van der Waals surface area contributed by atoms with Crippen molar-refractivity contribution >= 4 is 17.2 Å². The van der Waals surface area contributed by atoms with E-state index in [1.807, 2.05) is 37.3 Å². The summed E-state index contributed by atoms with van der Waals surface area (Å²) in [5, 5.41) is 3.17. The molecule has 0 radical (unpaired) electrons. The van der Waals surface area contributed by atoms with E-state index in [1.54, 1.807) is 5.51 Å². The summed E-state index contributed by atoms with van der Waals surface area (Å²) in [4.78, 5) is 16.5. The van der Waals surface area contributed by atoms with Gasteiger partial charge < -0.3 is 5.73 Å². The molecule has 94 valence electrons. The molecule has 1 amide bonds. The van der Waals surface area contributed by atoms with Crippen molar-refractivity contribution in [1.29, 1.82) is 0 Å². The van der Waals surface area contributed by atoms with Crippen LogP contribution in [0.4, 0.5) is 0 Å². The first-order chi connectivity index (χ1) is 8.68. The van der Waals surface area contributed by atoms with E-state index in [4.69, 9.17) is 5.73 Å². The Morgan fingerprint density at radius 3 is 2.72 bits per heavy atom. The van der Waals surface area contributed by atoms with E-state index >= 15 is 0 Å². The lowest BCUT2D eigenvalue weighted by Gasteiger charge is -2.14. The molecule has 0 aliphatic heterocycles. The number of carbonyl (C=O) groups is 1. The zero-order valence-corrected chi connectivity index (χ0v) is 10.9. The number of nitrogens with two attached hydrogens (primary N) is 1. The van der Waals surface area contributed by atoms with Gasteiger partial charge in [0.15, 0.2) is 0 Å². The number of hydrogen-bond donors (Lipinski definition) is 2. The number of aryl methyl sites for hydroxylation is 1. The molecular weight excluding hydrogens is 246 g/mol. The molecule has 0 saturated heterocycles. The first-order valence-corrected chi connectivity index (χ1v) is 6.53. The van der Waals surface area contributed by atoms with Crippen LogP contribution < -0.4 is 11.1 Å². The molecule has 3 N–H and O–H groups in total. The molecular formula is C13H15N3OS. The fraction of sp³-hybridized carbons (Fsp3) is 0.231. The monoisotopic (exact) mass is 261 g/mol. The third kappa shape index (κ3) is 2.94. The second-order valence-electron chi connectivity index (χ2n) is 4.00. The van der Waals surface area contributed by atoms with Crippen molar-refractivity contribution in [3.63, 3.8) is 0 Å². The van der Waals surface area contributed by atoms with Crippen LogP contribution in [-0.2, 0) is 11.3 Å². The van der Waals surface area contributed by atoms with Crippen LogP contribution in [0.15, 0.2) is 35.8 Å². The number of rotatable bonds is 5. The van der Waals surface area contributed by atoms with Crippen molar-refractivity contribution in [2.75, 3.05) is 0 Å². The van der Waals surface area contributed by atoms with Gasteiger partial charge in [-0.25, -0.2) is 4.98 Å². The first kappa shape index (κ1) is 12.7. The first-order valence-electron chi connectivity index (χ1n) is 5.65. The lowest BCUT2D eigenvalue weighted by molar-refractivity contribution is -0.120. The Kier molecular flexibility index (Phi) is 4.07. The number of aromatic nitrogens is 1. The molecule has 1 aromatic carbocycles. The smallest absolute Gasteiger partial charge is 0.240 e. The second kappa shape index (κ2) is 5.75. The largest absolute Gasteiger partial charge is 0.368 e. The predicted octanol–water partition coefficient (Wildman–Crippen LogP) is 1.77. The van der Waals surface area contributed by atoms with E-state index in [2.05, 4.69) is 10.3 Å². The van der Waals surface area contributed by atoms with Gasteiger partial charge in [-0.05, 0) is 12.5 Å². The molecule has 2 aromatic rings. The standard InChI is InChI=1S/C13H15N3OS/c1-9-12(18-8-16-9)11(13(14)17)15-7-10-5-3-2-4-6-10/h2-6,8,11,15H,7H2,1H3,(H2,14,17). The Hall–Kier alpha value is -1.72. The van der Waals surface area contributed by atoms with Gasteiger partial charge in [-0.15, -0.1) is 11.3 Å². The van der Waals surface area contributed by atoms with Crippen LogP contribution in [0, 0.1) is 6.92 Å². The Morgan fingerprint density at radius 1 is 1.44 bits per heavy atom. The van der Waals surface area contributed by atoms with Gasteiger partial charge in [0.25, 0.3) is 0 Å². The van der Waals surface area contributed by atoms with Gasteiger partial charge >= 0.3 is 0 Å².